The van der Waals surface area contributed by atoms with E-state index in [0.29, 0.717) is 10.3 Å². The summed E-state index contributed by atoms with van der Waals surface area (Å²) in [5, 5.41) is 3.05. The van der Waals surface area contributed by atoms with Gasteiger partial charge in [-0.2, -0.15) is 0 Å². The van der Waals surface area contributed by atoms with Gasteiger partial charge in [-0.05, 0) is 40.5 Å². The van der Waals surface area contributed by atoms with E-state index in [9.17, 15) is 8.42 Å². The molecule has 2 heterocycles. The number of pyridine rings is 2. The Hall–Kier alpha value is -1.67. The van der Waals surface area contributed by atoms with Crippen LogP contribution in [0.3, 0.4) is 0 Å². The minimum absolute atomic E-state index is 0.133. The van der Waals surface area contributed by atoms with E-state index in [1.807, 2.05) is 6.92 Å². The molecule has 0 fully saturated rings. The summed E-state index contributed by atoms with van der Waals surface area (Å²) in [5.41, 5.74) is 0. The summed E-state index contributed by atoms with van der Waals surface area (Å²) in [6.07, 6.45) is 3.90. The average Bonchev–Trinajstić information content (AvgIpc) is 2.48. The minimum atomic E-state index is -3.71. The quantitative estimate of drug-likeness (QED) is 0.816. The lowest BCUT2D eigenvalue weighted by atomic mass is 10.4. The summed E-state index contributed by atoms with van der Waals surface area (Å²) < 4.78 is 27.7. The smallest absolute Gasteiger partial charge is 0.263 e. The number of halogens is 1. The fourth-order valence-electron chi connectivity index (χ4n) is 1.58. The zero-order valence-corrected chi connectivity index (χ0v) is 13.8. The molecular weight excluding hydrogens is 356 g/mol. The van der Waals surface area contributed by atoms with Crippen molar-refractivity contribution in [2.24, 2.45) is 0 Å². The maximum absolute atomic E-state index is 12.4. The molecule has 2 aromatic heterocycles. The monoisotopic (exact) mass is 370 g/mol. The highest BCUT2D eigenvalue weighted by atomic mass is 79.9. The molecule has 0 unspecified atom stereocenters. The summed E-state index contributed by atoms with van der Waals surface area (Å²) >= 11 is 3.26. The predicted molar refractivity (Wildman–Crippen MR) is 85.8 cm³/mol. The van der Waals surface area contributed by atoms with Gasteiger partial charge in [-0.1, -0.05) is 6.92 Å². The van der Waals surface area contributed by atoms with E-state index in [4.69, 9.17) is 0 Å². The number of nitrogens with zero attached hydrogens (tertiary/aromatic N) is 2. The third-order valence-electron chi connectivity index (χ3n) is 2.59. The van der Waals surface area contributed by atoms with Crippen LogP contribution in [0, 0.1) is 0 Å². The molecule has 0 aliphatic rings. The molecule has 0 aromatic carbocycles. The SMILES string of the molecule is CCCNc1cc(S(=O)(=O)Nc2ncccc2Br)ccn1. The van der Waals surface area contributed by atoms with Crippen LogP contribution in [0.1, 0.15) is 13.3 Å². The molecule has 0 aliphatic heterocycles. The van der Waals surface area contributed by atoms with Gasteiger partial charge in [-0.15, -0.1) is 0 Å². The zero-order valence-electron chi connectivity index (χ0n) is 11.4. The van der Waals surface area contributed by atoms with Gasteiger partial charge < -0.3 is 5.32 Å². The van der Waals surface area contributed by atoms with E-state index in [2.05, 4.69) is 35.9 Å². The zero-order chi connectivity index (χ0) is 15.3. The first-order valence-electron chi connectivity index (χ1n) is 6.36. The van der Waals surface area contributed by atoms with Crippen molar-refractivity contribution in [2.75, 3.05) is 16.6 Å². The lowest BCUT2D eigenvalue weighted by Crippen LogP contribution is -2.15. The van der Waals surface area contributed by atoms with E-state index < -0.39 is 10.0 Å². The molecule has 0 saturated heterocycles. The van der Waals surface area contributed by atoms with Crippen molar-refractivity contribution in [1.29, 1.82) is 0 Å². The molecule has 2 rings (SSSR count). The summed E-state index contributed by atoms with van der Waals surface area (Å²) in [5.74, 6) is 0.775. The molecule has 112 valence electrons. The van der Waals surface area contributed by atoms with Gasteiger partial charge in [-0.3, -0.25) is 4.72 Å². The van der Waals surface area contributed by atoms with Crippen molar-refractivity contribution >= 4 is 37.6 Å². The Morgan fingerprint density at radius 1 is 1.24 bits per heavy atom. The van der Waals surface area contributed by atoms with Crippen molar-refractivity contribution in [3.05, 3.63) is 41.1 Å². The van der Waals surface area contributed by atoms with E-state index >= 15 is 0 Å². The number of nitrogens with one attached hydrogen (secondary N) is 2. The highest BCUT2D eigenvalue weighted by Crippen LogP contribution is 2.22. The van der Waals surface area contributed by atoms with E-state index in [1.54, 1.807) is 12.1 Å². The Morgan fingerprint density at radius 2 is 2.05 bits per heavy atom. The largest absolute Gasteiger partial charge is 0.370 e. The predicted octanol–water partition coefficient (Wildman–Crippen LogP) is 2.86. The van der Waals surface area contributed by atoms with Crippen LogP contribution in [0.5, 0.6) is 0 Å². The molecule has 21 heavy (non-hydrogen) atoms. The highest BCUT2D eigenvalue weighted by Gasteiger charge is 2.17. The summed E-state index contributed by atoms with van der Waals surface area (Å²) in [6.45, 7) is 2.75. The van der Waals surface area contributed by atoms with Crippen LogP contribution in [0.4, 0.5) is 11.6 Å². The van der Waals surface area contributed by atoms with Gasteiger partial charge in [0.2, 0.25) is 0 Å². The third-order valence-corrected chi connectivity index (χ3v) is 4.56. The van der Waals surface area contributed by atoms with Gasteiger partial charge in [-0.25, -0.2) is 18.4 Å². The number of aromatic nitrogens is 2. The molecular formula is C13H15BrN4O2S. The Morgan fingerprint density at radius 3 is 2.76 bits per heavy atom. The first-order chi connectivity index (χ1) is 10.0. The van der Waals surface area contributed by atoms with Gasteiger partial charge in [0.05, 0.1) is 9.37 Å². The highest BCUT2D eigenvalue weighted by molar-refractivity contribution is 9.10. The van der Waals surface area contributed by atoms with Gasteiger partial charge in [0.25, 0.3) is 10.0 Å². The summed E-state index contributed by atoms with van der Waals surface area (Å²) in [6, 6.07) is 6.36. The van der Waals surface area contributed by atoms with Gasteiger partial charge in [0.1, 0.15) is 5.82 Å². The second-order valence-electron chi connectivity index (χ2n) is 4.24. The third kappa shape index (κ3) is 4.15. The van der Waals surface area contributed by atoms with Crippen LogP contribution >= 0.6 is 15.9 Å². The van der Waals surface area contributed by atoms with Gasteiger partial charge >= 0.3 is 0 Å². The number of hydrogen-bond donors (Lipinski definition) is 2. The van der Waals surface area contributed by atoms with Gasteiger partial charge in [0, 0.05) is 25.0 Å². The van der Waals surface area contributed by atoms with Gasteiger partial charge in [0.15, 0.2) is 5.82 Å². The van der Waals surface area contributed by atoms with Crippen molar-refractivity contribution in [1.82, 2.24) is 9.97 Å². The lowest BCUT2D eigenvalue weighted by molar-refractivity contribution is 0.601. The van der Waals surface area contributed by atoms with Crippen LogP contribution in [0.25, 0.3) is 0 Å². The van der Waals surface area contributed by atoms with Crippen molar-refractivity contribution < 1.29 is 8.42 Å². The van der Waals surface area contributed by atoms with Crippen molar-refractivity contribution in [2.45, 2.75) is 18.2 Å². The molecule has 6 nitrogen and oxygen atoms in total. The van der Waals surface area contributed by atoms with Crippen LogP contribution in [0.2, 0.25) is 0 Å². The maximum Gasteiger partial charge on any atom is 0.263 e. The molecule has 0 radical (unpaired) electrons. The lowest BCUT2D eigenvalue weighted by Gasteiger charge is -2.10. The topological polar surface area (TPSA) is 84.0 Å². The maximum atomic E-state index is 12.4. The number of hydrogen-bond acceptors (Lipinski definition) is 5. The Balaban J connectivity index is 2.25. The summed E-state index contributed by atoms with van der Waals surface area (Å²) in [4.78, 5) is 8.21. The molecule has 0 atom stereocenters. The van der Waals surface area contributed by atoms with Crippen LogP contribution in [-0.2, 0) is 10.0 Å². The molecule has 0 bridgehead atoms. The molecule has 0 saturated carbocycles. The molecule has 0 amide bonds. The standard InChI is InChI=1S/C13H15BrN4O2S/c1-2-6-15-12-9-10(5-8-16-12)21(19,20)18-13-11(14)4-3-7-17-13/h3-5,7-9H,2,6H2,1H3,(H,15,16)(H,17,18). The minimum Gasteiger partial charge on any atom is -0.370 e. The molecule has 8 heteroatoms. The van der Waals surface area contributed by atoms with Crippen LogP contribution < -0.4 is 10.0 Å². The van der Waals surface area contributed by atoms with Crippen LogP contribution in [0.15, 0.2) is 46.0 Å². The number of anilines is 2. The fraction of sp³-hybridized carbons (Fsp3) is 0.231. The van der Waals surface area contributed by atoms with Crippen molar-refractivity contribution in [3.63, 3.8) is 0 Å². The Labute approximate surface area is 132 Å². The number of rotatable bonds is 6. The molecule has 2 N–H and O–H groups in total. The molecule has 2 aromatic rings. The summed E-state index contributed by atoms with van der Waals surface area (Å²) in [7, 11) is -3.71. The first kappa shape index (κ1) is 15.7. The fourth-order valence-corrected chi connectivity index (χ4v) is 3.10. The van der Waals surface area contributed by atoms with Crippen molar-refractivity contribution in [3.8, 4) is 0 Å². The van der Waals surface area contributed by atoms with Crippen LogP contribution in [-0.4, -0.2) is 24.9 Å². The van der Waals surface area contributed by atoms with E-state index in [0.717, 1.165) is 13.0 Å². The van der Waals surface area contributed by atoms with E-state index in [1.165, 1.54) is 24.5 Å². The molecule has 0 aliphatic carbocycles. The second-order valence-corrected chi connectivity index (χ2v) is 6.78. The average molecular weight is 371 g/mol. The first-order valence-corrected chi connectivity index (χ1v) is 8.64. The van der Waals surface area contributed by atoms with E-state index in [-0.39, 0.29) is 10.7 Å². The number of sulfonamides is 1. The second kappa shape index (κ2) is 6.86. The normalized spacial score (nSPS) is 11.1. The Bertz CT molecular complexity index is 722. The Kier molecular flexibility index (Phi) is 5.13. The molecule has 0 spiro atoms.